The summed E-state index contributed by atoms with van der Waals surface area (Å²) in [7, 11) is 0. The molecule has 11 aromatic rings. The molecule has 398 valence electrons. The van der Waals surface area contributed by atoms with Gasteiger partial charge in [-0.25, -0.2) is 4.98 Å². The molecule has 79 heavy (non-hydrogen) atoms. The average Bonchev–Trinajstić information content (AvgIpc) is 4.18. The lowest BCUT2D eigenvalue weighted by Gasteiger charge is -2.28. The van der Waals surface area contributed by atoms with Gasteiger partial charge in [0.15, 0.2) is 0 Å². The molecule has 0 aliphatic rings. The first-order chi connectivity index (χ1) is 37.3. The molecule has 0 N–H and O–H groups in total. The van der Waals surface area contributed by atoms with Gasteiger partial charge < -0.3 is 4.74 Å². The number of aromatic nitrogens is 4. The second-order valence-corrected chi connectivity index (χ2v) is 26.9. The van der Waals surface area contributed by atoms with E-state index in [0.29, 0.717) is 5.75 Å². The number of fused-ring (bicyclic) bond motifs is 4. The van der Waals surface area contributed by atoms with E-state index in [1.165, 1.54) is 38.9 Å². The molecule has 5 nitrogen and oxygen atoms in total. The standard InChI is InChI=1S/C74H76N4O/c1-70(2,3)51-35-36-75-68(43-51)78-63-32-20-19-29-60(63)62-45-61(48-25-17-16-18-26-48)67(46-66(62)78)79-57-28-23-27-56(44-57)76-47-77(65-34-22-21-33-64(65)76)69-58(49-37-52(71(4,5)6)41-53(38-49)72(7,8)9)30-24-31-59(69)50-39-54(73(10,11)12)42-55(40-50)74(13,14)15/h16-46H,1-15H3. The van der Waals surface area contributed by atoms with Gasteiger partial charge in [-0.15, -0.1) is 0 Å². The summed E-state index contributed by atoms with van der Waals surface area (Å²) in [5.74, 6) is 2.34. The highest BCUT2D eigenvalue weighted by Gasteiger charge is 2.28. The lowest BCUT2D eigenvalue weighted by atomic mass is 9.77. The topological polar surface area (TPSA) is 35.9 Å². The number of nitrogens with zero attached hydrogens (tertiary/aromatic N) is 4. The molecule has 0 saturated carbocycles. The molecule has 0 amide bonds. The van der Waals surface area contributed by atoms with E-state index in [2.05, 4.69) is 306 Å². The van der Waals surface area contributed by atoms with Gasteiger partial charge in [-0.2, -0.15) is 0 Å². The Kier molecular flexibility index (Phi) is 13.0. The highest BCUT2D eigenvalue weighted by Crippen LogP contribution is 2.44. The van der Waals surface area contributed by atoms with Crippen LogP contribution >= 0.6 is 0 Å². The quantitative estimate of drug-likeness (QED) is 0.112. The Bertz CT molecular complexity index is 3960. The van der Waals surface area contributed by atoms with Crippen LogP contribution in [-0.4, -0.2) is 14.1 Å². The fraction of sp³-hybridized carbons (Fsp3) is 0.270. The Labute approximate surface area is 469 Å². The molecular formula is C74H76N4O. The minimum Gasteiger partial charge on any atom is -0.457 e. The molecule has 0 aliphatic heterocycles. The lowest BCUT2D eigenvalue weighted by molar-refractivity contribution is -0.571. The number of rotatable bonds is 8. The fourth-order valence-corrected chi connectivity index (χ4v) is 11.0. The molecule has 0 fully saturated rings. The number of pyridine rings is 1. The number of ether oxygens (including phenoxy) is 1. The van der Waals surface area contributed by atoms with Crippen LogP contribution in [0.2, 0.25) is 0 Å². The molecule has 0 unspecified atom stereocenters. The first-order valence-electron chi connectivity index (χ1n) is 28.1. The monoisotopic (exact) mass is 1040 g/mol. The molecule has 3 aromatic heterocycles. The maximum atomic E-state index is 7.24. The van der Waals surface area contributed by atoms with Crippen LogP contribution in [0.3, 0.4) is 0 Å². The zero-order valence-corrected chi connectivity index (χ0v) is 49.1. The van der Waals surface area contributed by atoms with E-state index < -0.39 is 0 Å². The summed E-state index contributed by atoms with van der Waals surface area (Å²) in [6.07, 6.45) is 5.93. The lowest BCUT2D eigenvalue weighted by Crippen LogP contribution is -2.31. The van der Waals surface area contributed by atoms with Gasteiger partial charge in [-0.3, -0.25) is 13.7 Å². The summed E-state index contributed by atoms with van der Waals surface area (Å²) < 4.78 is 14.1. The van der Waals surface area contributed by atoms with Gasteiger partial charge in [0.2, 0.25) is 0 Å². The third-order valence-electron chi connectivity index (χ3n) is 15.8. The minimum absolute atomic E-state index is 0.0496. The second-order valence-electron chi connectivity index (χ2n) is 26.9. The molecule has 0 radical (unpaired) electrons. The molecule has 0 bridgehead atoms. The van der Waals surface area contributed by atoms with Crippen LogP contribution in [0, 0.1) is 6.33 Å². The van der Waals surface area contributed by atoms with Crippen LogP contribution < -0.4 is 9.30 Å². The van der Waals surface area contributed by atoms with E-state index in [-0.39, 0.29) is 27.1 Å². The van der Waals surface area contributed by atoms with Crippen molar-refractivity contribution >= 4 is 32.8 Å². The van der Waals surface area contributed by atoms with Crippen LogP contribution in [0.5, 0.6) is 11.5 Å². The van der Waals surface area contributed by atoms with Crippen LogP contribution in [0.15, 0.2) is 188 Å². The third kappa shape index (κ3) is 10.2. The van der Waals surface area contributed by atoms with Crippen molar-refractivity contribution in [2.24, 2.45) is 0 Å². The number of imidazole rings is 1. The summed E-state index contributed by atoms with van der Waals surface area (Å²) in [6.45, 7) is 34.6. The van der Waals surface area contributed by atoms with E-state index in [9.17, 15) is 0 Å². The average molecular weight is 1040 g/mol. The second kappa shape index (κ2) is 19.4. The van der Waals surface area contributed by atoms with Gasteiger partial charge in [0.1, 0.15) is 17.3 Å². The SMILES string of the molecule is CC(C)(C)c1cc(-c2cccc(-c3cc(C(C)(C)C)cc(C(C)(C)C)c3)c2-[n+]2[c-]n(-c3cccc(Oc4cc5c(cc4-c4ccccc4)c4ccccc4n5-c4cc(C(C)(C)C)ccn4)c3)c3ccccc32)cc(C(C)(C)C)c1. The van der Waals surface area contributed by atoms with E-state index in [0.717, 1.165) is 78.0 Å². The van der Waals surface area contributed by atoms with Crippen LogP contribution in [0.4, 0.5) is 0 Å². The van der Waals surface area contributed by atoms with Gasteiger partial charge in [0.25, 0.3) is 6.33 Å². The maximum Gasteiger partial charge on any atom is 0.269 e. The zero-order chi connectivity index (χ0) is 56.0. The van der Waals surface area contributed by atoms with Gasteiger partial charge in [0.05, 0.1) is 33.4 Å². The summed E-state index contributed by atoms with van der Waals surface area (Å²) >= 11 is 0. The van der Waals surface area contributed by atoms with Gasteiger partial charge >= 0.3 is 0 Å². The molecule has 0 spiro atoms. The zero-order valence-electron chi connectivity index (χ0n) is 49.1. The van der Waals surface area contributed by atoms with Crippen molar-refractivity contribution in [1.29, 1.82) is 0 Å². The number of para-hydroxylation sites is 4. The Balaban J connectivity index is 1.12. The maximum absolute atomic E-state index is 7.24. The molecule has 11 rings (SSSR count). The number of hydrogen-bond donors (Lipinski definition) is 0. The predicted octanol–water partition coefficient (Wildman–Crippen LogP) is 19.5. The molecule has 0 atom stereocenters. The van der Waals surface area contributed by atoms with Crippen molar-refractivity contribution in [2.75, 3.05) is 0 Å². The number of benzene rings is 8. The Morgan fingerprint density at radius 1 is 0.405 bits per heavy atom. The molecule has 0 aliphatic carbocycles. The molecule has 0 saturated heterocycles. The van der Waals surface area contributed by atoms with Crippen LogP contribution in [0.25, 0.3) is 83.4 Å². The van der Waals surface area contributed by atoms with Crippen molar-refractivity contribution in [3.63, 3.8) is 0 Å². The van der Waals surface area contributed by atoms with E-state index in [1.807, 2.05) is 6.20 Å². The smallest absolute Gasteiger partial charge is 0.269 e. The van der Waals surface area contributed by atoms with Crippen LogP contribution in [0.1, 0.15) is 132 Å². The van der Waals surface area contributed by atoms with Crippen molar-refractivity contribution in [1.82, 2.24) is 14.1 Å². The van der Waals surface area contributed by atoms with Crippen molar-refractivity contribution < 1.29 is 9.30 Å². The van der Waals surface area contributed by atoms with Crippen molar-refractivity contribution in [2.45, 2.75) is 131 Å². The van der Waals surface area contributed by atoms with Crippen molar-refractivity contribution in [3.8, 4) is 62.1 Å². The Hall–Kier alpha value is -8.02. The molecule has 3 heterocycles. The minimum atomic E-state index is -0.0693. The highest BCUT2D eigenvalue weighted by atomic mass is 16.5. The Morgan fingerprint density at radius 2 is 0.937 bits per heavy atom. The van der Waals surface area contributed by atoms with Gasteiger partial charge in [0, 0.05) is 28.6 Å². The summed E-state index contributed by atoms with van der Waals surface area (Å²) in [5, 5.41) is 2.29. The molecule has 5 heteroatoms. The first kappa shape index (κ1) is 53.0. The first-order valence-corrected chi connectivity index (χ1v) is 28.1. The molecule has 8 aromatic carbocycles. The fourth-order valence-electron chi connectivity index (χ4n) is 11.0. The van der Waals surface area contributed by atoms with E-state index in [1.54, 1.807) is 0 Å². The Morgan fingerprint density at radius 3 is 1.52 bits per heavy atom. The summed E-state index contributed by atoms with van der Waals surface area (Å²) in [6, 6.07) is 66.6. The van der Waals surface area contributed by atoms with Gasteiger partial charge in [-0.05, 0) is 125 Å². The van der Waals surface area contributed by atoms with Crippen molar-refractivity contribution in [3.05, 3.63) is 222 Å². The summed E-state index contributed by atoms with van der Waals surface area (Å²) in [4.78, 5) is 5.00. The predicted molar refractivity (Wildman–Crippen MR) is 332 cm³/mol. The van der Waals surface area contributed by atoms with Crippen LogP contribution in [-0.2, 0) is 27.1 Å². The van der Waals surface area contributed by atoms with E-state index >= 15 is 0 Å². The summed E-state index contributed by atoms with van der Waals surface area (Å²) in [5.41, 5.74) is 19.1. The molecular weight excluding hydrogens is 961 g/mol. The normalized spacial score (nSPS) is 12.7. The third-order valence-corrected chi connectivity index (χ3v) is 15.8. The largest absolute Gasteiger partial charge is 0.457 e. The van der Waals surface area contributed by atoms with E-state index in [4.69, 9.17) is 9.72 Å². The highest BCUT2D eigenvalue weighted by molar-refractivity contribution is 6.11. The number of hydrogen-bond acceptors (Lipinski definition) is 2. The van der Waals surface area contributed by atoms with Gasteiger partial charge in [-0.1, -0.05) is 237 Å².